The van der Waals surface area contributed by atoms with E-state index in [4.69, 9.17) is 9.26 Å². The van der Waals surface area contributed by atoms with Crippen LogP contribution in [-0.4, -0.2) is 50.6 Å². The summed E-state index contributed by atoms with van der Waals surface area (Å²) in [6, 6.07) is 7.27. The van der Waals surface area contributed by atoms with Crippen LogP contribution in [0.25, 0.3) is 0 Å². The number of carbonyl (C=O) groups excluding carboxylic acids is 1. The number of aryl methyl sites for hydroxylation is 1. The first-order valence-corrected chi connectivity index (χ1v) is 8.53. The molecule has 0 saturated carbocycles. The lowest BCUT2D eigenvalue weighted by Crippen LogP contribution is -2.42. The second-order valence-electron chi connectivity index (χ2n) is 6.08. The molecule has 0 bridgehead atoms. The van der Waals surface area contributed by atoms with E-state index >= 15 is 0 Å². The zero-order valence-corrected chi connectivity index (χ0v) is 14.7. The van der Waals surface area contributed by atoms with Gasteiger partial charge in [0.25, 0.3) is 5.91 Å². The van der Waals surface area contributed by atoms with Crippen LogP contribution in [0, 0.1) is 6.92 Å². The van der Waals surface area contributed by atoms with Gasteiger partial charge in [0.15, 0.2) is 0 Å². The van der Waals surface area contributed by atoms with Gasteiger partial charge in [-0.1, -0.05) is 11.2 Å². The molecule has 0 radical (unpaired) electrons. The van der Waals surface area contributed by atoms with Crippen LogP contribution in [0.5, 0.6) is 0 Å². The second kappa shape index (κ2) is 7.50. The molecule has 9 heteroatoms. The molecule has 9 nitrogen and oxygen atoms in total. The van der Waals surface area contributed by atoms with Crippen LogP contribution >= 0.6 is 0 Å². The number of anilines is 2. The van der Waals surface area contributed by atoms with E-state index in [1.165, 1.54) is 0 Å². The van der Waals surface area contributed by atoms with Gasteiger partial charge in [0.05, 0.1) is 19.3 Å². The standard InChI is InChI=1S/C18H18N6O3/c1-12-21-17(23-27-12)15-11-24(7-8-26-15)18(25)13-3-2-4-14(9-13)22-16-10-19-5-6-20-16/h2-6,9-10,15H,7-8,11H2,1H3,(H,20,22). The summed E-state index contributed by atoms with van der Waals surface area (Å²) >= 11 is 0. The number of nitrogens with zero attached hydrogens (tertiary/aromatic N) is 5. The molecule has 1 fully saturated rings. The van der Waals surface area contributed by atoms with Gasteiger partial charge >= 0.3 is 0 Å². The van der Waals surface area contributed by atoms with Gasteiger partial charge in [-0.3, -0.25) is 9.78 Å². The summed E-state index contributed by atoms with van der Waals surface area (Å²) in [7, 11) is 0. The van der Waals surface area contributed by atoms with Crippen molar-refractivity contribution in [1.82, 2.24) is 25.0 Å². The maximum absolute atomic E-state index is 12.9. The van der Waals surface area contributed by atoms with E-state index < -0.39 is 0 Å². The number of hydrogen-bond acceptors (Lipinski definition) is 8. The van der Waals surface area contributed by atoms with Gasteiger partial charge in [0.1, 0.15) is 11.9 Å². The molecule has 1 atom stereocenters. The second-order valence-corrected chi connectivity index (χ2v) is 6.08. The van der Waals surface area contributed by atoms with Gasteiger partial charge in [0, 0.05) is 37.1 Å². The number of aromatic nitrogens is 4. The number of ether oxygens (including phenoxy) is 1. The fourth-order valence-electron chi connectivity index (χ4n) is 2.86. The monoisotopic (exact) mass is 366 g/mol. The number of amides is 1. The third kappa shape index (κ3) is 3.93. The molecule has 1 aromatic carbocycles. The maximum atomic E-state index is 12.9. The summed E-state index contributed by atoms with van der Waals surface area (Å²) in [5.74, 6) is 1.47. The lowest BCUT2D eigenvalue weighted by molar-refractivity contribution is -0.0276. The van der Waals surface area contributed by atoms with Crippen LogP contribution < -0.4 is 5.32 Å². The molecule has 1 aliphatic rings. The van der Waals surface area contributed by atoms with E-state index in [0.29, 0.717) is 42.8 Å². The van der Waals surface area contributed by atoms with E-state index in [1.54, 1.807) is 42.5 Å². The van der Waals surface area contributed by atoms with Crippen LogP contribution in [0.3, 0.4) is 0 Å². The summed E-state index contributed by atoms with van der Waals surface area (Å²) in [5, 5.41) is 7.03. The third-order valence-corrected chi connectivity index (χ3v) is 4.13. The molecule has 1 amide bonds. The number of nitrogens with one attached hydrogen (secondary N) is 1. The first-order valence-electron chi connectivity index (χ1n) is 8.53. The Hall–Kier alpha value is -3.33. The van der Waals surface area contributed by atoms with Crippen molar-refractivity contribution < 1.29 is 14.1 Å². The van der Waals surface area contributed by atoms with E-state index in [0.717, 1.165) is 5.69 Å². The third-order valence-electron chi connectivity index (χ3n) is 4.13. The Morgan fingerprint density at radius 1 is 1.33 bits per heavy atom. The molecule has 2 aromatic heterocycles. The van der Waals surface area contributed by atoms with Gasteiger partial charge in [-0.25, -0.2) is 4.98 Å². The molecule has 1 N–H and O–H groups in total. The van der Waals surface area contributed by atoms with Gasteiger partial charge in [-0.15, -0.1) is 0 Å². The fraction of sp³-hybridized carbons (Fsp3) is 0.278. The number of hydrogen-bond donors (Lipinski definition) is 1. The quantitative estimate of drug-likeness (QED) is 0.748. The molecule has 3 aromatic rings. The topological polar surface area (TPSA) is 106 Å². The van der Waals surface area contributed by atoms with Gasteiger partial charge in [-0.05, 0) is 18.2 Å². The zero-order chi connectivity index (χ0) is 18.6. The summed E-state index contributed by atoms with van der Waals surface area (Å²) in [5.41, 5.74) is 1.34. The van der Waals surface area contributed by atoms with Crippen molar-refractivity contribution in [3.8, 4) is 0 Å². The zero-order valence-electron chi connectivity index (χ0n) is 14.7. The SMILES string of the molecule is Cc1nc(C2CN(C(=O)c3cccc(Nc4cnccn4)c3)CCO2)no1. The van der Waals surface area contributed by atoms with Crippen molar-refractivity contribution in [1.29, 1.82) is 0 Å². The van der Waals surface area contributed by atoms with Gasteiger partial charge in [-0.2, -0.15) is 4.98 Å². The molecule has 0 aliphatic carbocycles. The van der Waals surface area contributed by atoms with Crippen LogP contribution in [0.1, 0.15) is 28.2 Å². The van der Waals surface area contributed by atoms with Crippen molar-refractivity contribution in [2.24, 2.45) is 0 Å². The normalized spacial score (nSPS) is 16.9. The molecular weight excluding hydrogens is 348 g/mol. The fourth-order valence-corrected chi connectivity index (χ4v) is 2.86. The van der Waals surface area contributed by atoms with Crippen LogP contribution in [0.15, 0.2) is 47.4 Å². The first kappa shape index (κ1) is 17.1. The highest BCUT2D eigenvalue weighted by Crippen LogP contribution is 2.22. The van der Waals surface area contributed by atoms with Crippen molar-refractivity contribution in [2.75, 3.05) is 25.0 Å². The Morgan fingerprint density at radius 3 is 3.04 bits per heavy atom. The smallest absolute Gasteiger partial charge is 0.254 e. The lowest BCUT2D eigenvalue weighted by atomic mass is 10.1. The van der Waals surface area contributed by atoms with Gasteiger partial charge < -0.3 is 19.5 Å². The highest BCUT2D eigenvalue weighted by molar-refractivity contribution is 5.95. The number of carbonyl (C=O) groups is 1. The Bertz CT molecular complexity index is 930. The summed E-state index contributed by atoms with van der Waals surface area (Å²) in [6.45, 7) is 3.02. The molecule has 4 rings (SSSR count). The average Bonchev–Trinajstić information content (AvgIpc) is 3.15. The van der Waals surface area contributed by atoms with E-state index in [-0.39, 0.29) is 12.0 Å². The molecular formula is C18H18N6O3. The van der Waals surface area contributed by atoms with Crippen LogP contribution in [-0.2, 0) is 4.74 Å². The minimum Gasteiger partial charge on any atom is -0.366 e. The number of benzene rings is 1. The van der Waals surface area contributed by atoms with E-state index in [9.17, 15) is 4.79 Å². The Balaban J connectivity index is 1.48. The van der Waals surface area contributed by atoms with E-state index in [2.05, 4.69) is 25.4 Å². The molecule has 3 heterocycles. The predicted octanol–water partition coefficient (Wildman–Crippen LogP) is 2.13. The highest BCUT2D eigenvalue weighted by Gasteiger charge is 2.29. The van der Waals surface area contributed by atoms with Crippen molar-refractivity contribution in [3.05, 3.63) is 60.1 Å². The van der Waals surface area contributed by atoms with Crippen molar-refractivity contribution in [2.45, 2.75) is 13.0 Å². The Morgan fingerprint density at radius 2 is 2.26 bits per heavy atom. The van der Waals surface area contributed by atoms with Gasteiger partial charge in [0.2, 0.25) is 11.7 Å². The minimum absolute atomic E-state index is 0.0775. The van der Waals surface area contributed by atoms with Crippen molar-refractivity contribution in [3.63, 3.8) is 0 Å². The average molecular weight is 366 g/mol. The number of rotatable bonds is 4. The summed E-state index contributed by atoms with van der Waals surface area (Å²) < 4.78 is 10.7. The molecule has 138 valence electrons. The van der Waals surface area contributed by atoms with Crippen LogP contribution in [0.2, 0.25) is 0 Å². The summed E-state index contributed by atoms with van der Waals surface area (Å²) in [6.07, 6.45) is 4.44. The molecule has 0 spiro atoms. The number of morpholine rings is 1. The first-order chi connectivity index (χ1) is 13.2. The van der Waals surface area contributed by atoms with Crippen molar-refractivity contribution >= 4 is 17.4 Å². The maximum Gasteiger partial charge on any atom is 0.254 e. The molecule has 1 saturated heterocycles. The Labute approximate surface area is 155 Å². The Kier molecular flexibility index (Phi) is 4.75. The molecule has 1 unspecified atom stereocenters. The summed E-state index contributed by atoms with van der Waals surface area (Å²) in [4.78, 5) is 27.1. The van der Waals surface area contributed by atoms with E-state index in [1.807, 2.05) is 12.1 Å². The minimum atomic E-state index is -0.388. The lowest BCUT2D eigenvalue weighted by Gasteiger charge is -2.31. The molecule has 27 heavy (non-hydrogen) atoms. The predicted molar refractivity (Wildman–Crippen MR) is 95.4 cm³/mol. The van der Waals surface area contributed by atoms with Crippen LogP contribution in [0.4, 0.5) is 11.5 Å². The largest absolute Gasteiger partial charge is 0.366 e. The molecule has 1 aliphatic heterocycles. The highest BCUT2D eigenvalue weighted by atomic mass is 16.5.